The van der Waals surface area contributed by atoms with Gasteiger partial charge in [-0.2, -0.15) is 5.10 Å². The first kappa shape index (κ1) is 20.6. The highest BCUT2D eigenvalue weighted by atomic mass is 16.5. The fraction of sp³-hybridized carbons (Fsp3) is 0.450. The Balaban J connectivity index is 2.25. The van der Waals surface area contributed by atoms with Crippen LogP contribution in [0.5, 0.6) is 0 Å². The molecule has 0 aliphatic rings. The van der Waals surface area contributed by atoms with Crippen molar-refractivity contribution in [1.29, 1.82) is 0 Å². The highest BCUT2D eigenvalue weighted by Crippen LogP contribution is 2.26. The average molecular weight is 372 g/mol. The minimum Gasteiger partial charge on any atom is -0.375 e. The van der Waals surface area contributed by atoms with Crippen molar-refractivity contribution in [2.45, 2.75) is 33.1 Å². The van der Waals surface area contributed by atoms with Gasteiger partial charge in [0.05, 0.1) is 17.9 Å². The van der Waals surface area contributed by atoms with Crippen LogP contribution >= 0.6 is 0 Å². The number of amides is 2. The standard InChI is InChI=1S/C20H28N4O3/c1-6-23(19(26)14-27-5)13-18(25)21-17-12-16(20(2,3)4)22-24(17)15-10-8-7-9-11-15/h7-12H,6,13-14H2,1-5H3,(H,21,25). The molecule has 0 saturated carbocycles. The normalized spacial score (nSPS) is 11.3. The summed E-state index contributed by atoms with van der Waals surface area (Å²) in [5.41, 5.74) is 1.55. The maximum atomic E-state index is 12.5. The fourth-order valence-corrected chi connectivity index (χ4v) is 2.55. The summed E-state index contributed by atoms with van der Waals surface area (Å²) in [4.78, 5) is 26.0. The van der Waals surface area contributed by atoms with Crippen LogP contribution in [0.25, 0.3) is 5.69 Å². The van der Waals surface area contributed by atoms with Crippen LogP contribution in [0, 0.1) is 0 Å². The van der Waals surface area contributed by atoms with E-state index in [0.717, 1.165) is 11.4 Å². The summed E-state index contributed by atoms with van der Waals surface area (Å²) in [6.07, 6.45) is 0. The molecule has 0 fully saturated rings. The zero-order valence-corrected chi connectivity index (χ0v) is 16.7. The van der Waals surface area contributed by atoms with Crippen LogP contribution in [-0.2, 0) is 19.7 Å². The molecular weight excluding hydrogens is 344 g/mol. The summed E-state index contributed by atoms with van der Waals surface area (Å²) in [7, 11) is 1.46. The van der Waals surface area contributed by atoms with E-state index in [1.54, 1.807) is 4.68 Å². The largest absolute Gasteiger partial charge is 0.375 e. The average Bonchev–Trinajstić information content (AvgIpc) is 3.04. The number of nitrogens with one attached hydrogen (secondary N) is 1. The lowest BCUT2D eigenvalue weighted by atomic mass is 9.92. The number of anilines is 1. The molecule has 1 N–H and O–H groups in total. The van der Waals surface area contributed by atoms with Gasteiger partial charge in [-0.15, -0.1) is 0 Å². The Morgan fingerprint density at radius 2 is 1.89 bits per heavy atom. The van der Waals surface area contributed by atoms with Crippen molar-refractivity contribution < 1.29 is 14.3 Å². The Morgan fingerprint density at radius 1 is 1.22 bits per heavy atom. The first-order valence-corrected chi connectivity index (χ1v) is 8.98. The molecule has 0 spiro atoms. The number of methoxy groups -OCH3 is 1. The van der Waals surface area contributed by atoms with Crippen molar-refractivity contribution in [2.24, 2.45) is 0 Å². The lowest BCUT2D eigenvalue weighted by molar-refractivity contribution is -0.137. The van der Waals surface area contributed by atoms with E-state index >= 15 is 0 Å². The first-order valence-electron chi connectivity index (χ1n) is 8.98. The number of nitrogens with zero attached hydrogens (tertiary/aromatic N) is 3. The van der Waals surface area contributed by atoms with E-state index in [4.69, 9.17) is 4.74 Å². The van der Waals surface area contributed by atoms with E-state index in [1.807, 2.05) is 43.3 Å². The van der Waals surface area contributed by atoms with E-state index < -0.39 is 0 Å². The zero-order valence-electron chi connectivity index (χ0n) is 16.7. The van der Waals surface area contributed by atoms with Gasteiger partial charge in [0.1, 0.15) is 12.4 Å². The molecule has 7 heteroatoms. The maximum absolute atomic E-state index is 12.5. The molecule has 1 aromatic carbocycles. The number of carbonyl (C=O) groups excluding carboxylic acids is 2. The number of para-hydroxylation sites is 1. The number of benzene rings is 1. The number of hydrogen-bond donors (Lipinski definition) is 1. The van der Waals surface area contributed by atoms with Gasteiger partial charge in [-0.3, -0.25) is 9.59 Å². The highest BCUT2D eigenvalue weighted by Gasteiger charge is 2.22. The maximum Gasteiger partial charge on any atom is 0.249 e. The summed E-state index contributed by atoms with van der Waals surface area (Å²) < 4.78 is 6.58. The summed E-state index contributed by atoms with van der Waals surface area (Å²) in [6.45, 7) is 8.38. The molecule has 0 unspecified atom stereocenters. The molecule has 1 heterocycles. The van der Waals surface area contributed by atoms with Crippen LogP contribution in [0.3, 0.4) is 0 Å². The molecule has 0 radical (unpaired) electrons. The fourth-order valence-electron chi connectivity index (χ4n) is 2.55. The smallest absolute Gasteiger partial charge is 0.249 e. The number of rotatable bonds is 7. The van der Waals surface area contributed by atoms with E-state index in [1.165, 1.54) is 12.0 Å². The van der Waals surface area contributed by atoms with Gasteiger partial charge < -0.3 is 15.0 Å². The van der Waals surface area contributed by atoms with Crippen molar-refractivity contribution in [3.63, 3.8) is 0 Å². The third kappa shape index (κ3) is 5.40. The SMILES string of the molecule is CCN(CC(=O)Nc1cc(C(C)(C)C)nn1-c1ccccc1)C(=O)COC. The molecule has 146 valence electrons. The van der Waals surface area contributed by atoms with Gasteiger partial charge in [0.2, 0.25) is 11.8 Å². The second-order valence-electron chi connectivity index (χ2n) is 7.30. The topological polar surface area (TPSA) is 76.5 Å². The summed E-state index contributed by atoms with van der Waals surface area (Å²) in [5, 5.41) is 7.56. The van der Waals surface area contributed by atoms with Gasteiger partial charge in [-0.1, -0.05) is 39.0 Å². The molecule has 0 bridgehead atoms. The van der Waals surface area contributed by atoms with Crippen molar-refractivity contribution in [3.8, 4) is 5.69 Å². The molecule has 2 rings (SSSR count). The number of hydrogen-bond acceptors (Lipinski definition) is 4. The van der Waals surface area contributed by atoms with Gasteiger partial charge in [0, 0.05) is 25.1 Å². The van der Waals surface area contributed by atoms with Gasteiger partial charge in [-0.25, -0.2) is 4.68 Å². The minimum absolute atomic E-state index is 0.0382. The molecule has 2 aromatic rings. The Hall–Kier alpha value is -2.67. The molecule has 27 heavy (non-hydrogen) atoms. The quantitative estimate of drug-likeness (QED) is 0.810. The molecule has 7 nitrogen and oxygen atoms in total. The first-order chi connectivity index (χ1) is 12.8. The van der Waals surface area contributed by atoms with Gasteiger partial charge in [0.15, 0.2) is 0 Å². The highest BCUT2D eigenvalue weighted by molar-refractivity contribution is 5.94. The van der Waals surface area contributed by atoms with E-state index in [0.29, 0.717) is 12.4 Å². The van der Waals surface area contributed by atoms with Crippen LogP contribution in [-0.4, -0.2) is 53.3 Å². The molecule has 2 amide bonds. The van der Waals surface area contributed by atoms with Crippen LogP contribution in [0.4, 0.5) is 5.82 Å². The van der Waals surface area contributed by atoms with Crippen molar-refractivity contribution in [1.82, 2.24) is 14.7 Å². The second kappa shape index (κ2) is 8.81. The zero-order chi connectivity index (χ0) is 20.0. The third-order valence-corrected chi connectivity index (χ3v) is 4.08. The number of carbonyl (C=O) groups is 2. The lowest BCUT2D eigenvalue weighted by Gasteiger charge is -2.20. The van der Waals surface area contributed by atoms with E-state index in [9.17, 15) is 9.59 Å². The van der Waals surface area contributed by atoms with E-state index in [-0.39, 0.29) is 30.4 Å². The monoisotopic (exact) mass is 372 g/mol. The van der Waals surface area contributed by atoms with Crippen molar-refractivity contribution in [2.75, 3.05) is 32.1 Å². The number of likely N-dealkylation sites (N-methyl/N-ethyl adjacent to an activating group) is 1. The van der Waals surface area contributed by atoms with Gasteiger partial charge in [0.25, 0.3) is 0 Å². The molecule has 0 saturated heterocycles. The van der Waals surface area contributed by atoms with Crippen molar-refractivity contribution >= 4 is 17.6 Å². The summed E-state index contributed by atoms with van der Waals surface area (Å²) in [6, 6.07) is 11.5. The van der Waals surface area contributed by atoms with Crippen LogP contribution in [0.15, 0.2) is 36.4 Å². The Kier molecular flexibility index (Phi) is 6.74. The lowest BCUT2D eigenvalue weighted by Crippen LogP contribution is -2.39. The second-order valence-corrected chi connectivity index (χ2v) is 7.30. The van der Waals surface area contributed by atoms with Gasteiger partial charge in [-0.05, 0) is 19.1 Å². The minimum atomic E-state index is -0.279. The summed E-state index contributed by atoms with van der Waals surface area (Å²) in [5.74, 6) is 0.0762. The predicted molar refractivity (Wildman–Crippen MR) is 105 cm³/mol. The molecule has 1 aromatic heterocycles. The predicted octanol–water partition coefficient (Wildman–Crippen LogP) is 2.60. The van der Waals surface area contributed by atoms with E-state index in [2.05, 4.69) is 31.2 Å². The third-order valence-electron chi connectivity index (χ3n) is 4.08. The number of aromatic nitrogens is 2. The van der Waals surface area contributed by atoms with Crippen LogP contribution in [0.2, 0.25) is 0 Å². The van der Waals surface area contributed by atoms with Gasteiger partial charge >= 0.3 is 0 Å². The number of ether oxygens (including phenoxy) is 1. The Bertz CT molecular complexity index is 778. The molecule has 0 aliphatic heterocycles. The summed E-state index contributed by atoms with van der Waals surface area (Å²) >= 11 is 0. The molecule has 0 aliphatic carbocycles. The Labute approximate surface area is 160 Å². The molecular formula is C20H28N4O3. The Morgan fingerprint density at radius 3 is 2.44 bits per heavy atom. The molecule has 0 atom stereocenters. The van der Waals surface area contributed by atoms with Crippen LogP contribution in [0.1, 0.15) is 33.4 Å². The van der Waals surface area contributed by atoms with Crippen molar-refractivity contribution in [3.05, 3.63) is 42.1 Å². The van der Waals surface area contributed by atoms with Crippen LogP contribution < -0.4 is 5.32 Å².